The van der Waals surface area contributed by atoms with Crippen molar-refractivity contribution in [2.75, 3.05) is 5.73 Å². The number of hydrogen-bond acceptors (Lipinski definition) is 2. The van der Waals surface area contributed by atoms with Gasteiger partial charge in [-0.3, -0.25) is 0 Å². The highest BCUT2D eigenvalue weighted by Gasteiger charge is 2.20. The quantitative estimate of drug-likeness (QED) is 0.743. The highest BCUT2D eigenvalue weighted by atomic mass is 19.1. The molecule has 1 aromatic heterocycles. The van der Waals surface area contributed by atoms with Gasteiger partial charge in [0.25, 0.3) is 0 Å². The predicted molar refractivity (Wildman–Crippen MR) is 63.8 cm³/mol. The summed E-state index contributed by atoms with van der Waals surface area (Å²) in [6.07, 6.45) is 0. The molecule has 2 N–H and O–H groups in total. The first-order chi connectivity index (χ1) is 7.30. The fraction of sp³-hybridized carbons (Fsp3) is 0.417. The molecular weight excluding hydrogens is 205 g/mol. The summed E-state index contributed by atoms with van der Waals surface area (Å²) in [5, 5.41) is 0. The minimum Gasteiger partial charge on any atom is -0.369 e. The molecule has 16 heavy (non-hydrogen) atoms. The van der Waals surface area contributed by atoms with Crippen LogP contribution in [0.15, 0.2) is 12.1 Å². The summed E-state index contributed by atoms with van der Waals surface area (Å²) in [7, 11) is 0. The number of aromatic nitrogens is 2. The van der Waals surface area contributed by atoms with Crippen LogP contribution in [0, 0.1) is 12.7 Å². The highest BCUT2D eigenvalue weighted by molar-refractivity contribution is 5.79. The highest BCUT2D eigenvalue weighted by Crippen LogP contribution is 2.27. The summed E-state index contributed by atoms with van der Waals surface area (Å²) >= 11 is 0. The molecule has 0 saturated heterocycles. The lowest BCUT2D eigenvalue weighted by Gasteiger charge is -2.23. The largest absolute Gasteiger partial charge is 0.369 e. The molecule has 0 atom stereocenters. The van der Waals surface area contributed by atoms with Crippen LogP contribution in [-0.2, 0) is 5.54 Å². The van der Waals surface area contributed by atoms with Crippen LogP contribution in [0.1, 0.15) is 26.3 Å². The molecule has 0 saturated carbocycles. The van der Waals surface area contributed by atoms with Crippen molar-refractivity contribution in [2.24, 2.45) is 0 Å². The van der Waals surface area contributed by atoms with E-state index < -0.39 is 0 Å². The van der Waals surface area contributed by atoms with Crippen molar-refractivity contribution in [3.8, 4) is 0 Å². The van der Waals surface area contributed by atoms with Crippen molar-refractivity contribution >= 4 is 17.0 Å². The lowest BCUT2D eigenvalue weighted by Crippen LogP contribution is -2.23. The Balaban J connectivity index is 2.84. The summed E-state index contributed by atoms with van der Waals surface area (Å²) < 4.78 is 15.3. The Morgan fingerprint density at radius 3 is 2.50 bits per heavy atom. The molecule has 0 aliphatic heterocycles. The Morgan fingerprint density at radius 2 is 1.94 bits per heavy atom. The average molecular weight is 221 g/mol. The molecule has 86 valence electrons. The van der Waals surface area contributed by atoms with Gasteiger partial charge in [0.05, 0.1) is 11.0 Å². The maximum Gasteiger partial charge on any atom is 0.201 e. The van der Waals surface area contributed by atoms with Crippen LogP contribution in [0.3, 0.4) is 0 Å². The third-order valence-corrected chi connectivity index (χ3v) is 2.63. The van der Waals surface area contributed by atoms with E-state index >= 15 is 0 Å². The topological polar surface area (TPSA) is 43.8 Å². The molecule has 0 unspecified atom stereocenters. The lowest BCUT2D eigenvalue weighted by atomic mass is 10.1. The Kier molecular flexibility index (Phi) is 2.19. The van der Waals surface area contributed by atoms with Crippen LogP contribution in [-0.4, -0.2) is 9.55 Å². The number of benzene rings is 1. The number of hydrogen-bond donors (Lipinski definition) is 1. The number of nitrogens with zero attached hydrogens (tertiary/aromatic N) is 2. The molecule has 4 heteroatoms. The van der Waals surface area contributed by atoms with Crippen LogP contribution in [0.2, 0.25) is 0 Å². The Morgan fingerprint density at radius 1 is 1.31 bits per heavy atom. The molecule has 1 heterocycles. The number of halogens is 1. The van der Waals surface area contributed by atoms with Crippen LogP contribution in [0.5, 0.6) is 0 Å². The van der Waals surface area contributed by atoms with E-state index in [1.165, 1.54) is 6.07 Å². The first-order valence-corrected chi connectivity index (χ1v) is 5.25. The summed E-state index contributed by atoms with van der Waals surface area (Å²) in [4.78, 5) is 4.18. The number of nitrogen functional groups attached to an aromatic ring is 1. The molecule has 3 nitrogen and oxygen atoms in total. The van der Waals surface area contributed by atoms with Crippen molar-refractivity contribution in [3.63, 3.8) is 0 Å². The molecule has 2 rings (SSSR count). The van der Waals surface area contributed by atoms with Gasteiger partial charge in [0.1, 0.15) is 5.82 Å². The first-order valence-electron chi connectivity index (χ1n) is 5.25. The van der Waals surface area contributed by atoms with E-state index in [0.717, 1.165) is 5.52 Å². The third-order valence-electron chi connectivity index (χ3n) is 2.63. The van der Waals surface area contributed by atoms with Gasteiger partial charge >= 0.3 is 0 Å². The standard InChI is InChI=1S/C12H16FN3/c1-7-5-10-9(6-8(7)13)15-11(14)16(10)12(2,3)4/h5-6H,1-4H3,(H2,14,15). The number of nitrogens with two attached hydrogens (primary N) is 1. The Bertz CT molecular complexity index is 549. The van der Waals surface area contributed by atoms with Crippen molar-refractivity contribution in [2.45, 2.75) is 33.2 Å². The molecule has 0 spiro atoms. The van der Waals surface area contributed by atoms with E-state index in [9.17, 15) is 4.39 Å². The molecule has 0 aliphatic rings. The average Bonchev–Trinajstić information content (AvgIpc) is 2.40. The number of anilines is 1. The van der Waals surface area contributed by atoms with Gasteiger partial charge < -0.3 is 10.3 Å². The molecule has 1 aromatic carbocycles. The Labute approximate surface area is 94.1 Å². The van der Waals surface area contributed by atoms with Gasteiger partial charge in [-0.25, -0.2) is 9.37 Å². The summed E-state index contributed by atoms with van der Waals surface area (Å²) in [6, 6.07) is 3.22. The van der Waals surface area contributed by atoms with Gasteiger partial charge in [-0.15, -0.1) is 0 Å². The smallest absolute Gasteiger partial charge is 0.201 e. The summed E-state index contributed by atoms with van der Waals surface area (Å²) in [5.41, 5.74) is 7.80. The SMILES string of the molecule is Cc1cc2c(cc1F)nc(N)n2C(C)(C)C. The van der Waals surface area contributed by atoms with Crippen LogP contribution >= 0.6 is 0 Å². The van der Waals surface area contributed by atoms with Crippen molar-refractivity contribution in [1.82, 2.24) is 9.55 Å². The van der Waals surface area contributed by atoms with Crippen molar-refractivity contribution in [1.29, 1.82) is 0 Å². The van der Waals surface area contributed by atoms with Gasteiger partial charge in [0.15, 0.2) is 0 Å². The molecule has 2 aromatic rings. The molecule has 0 aliphatic carbocycles. The van der Waals surface area contributed by atoms with Crippen molar-refractivity contribution in [3.05, 3.63) is 23.5 Å². The third kappa shape index (κ3) is 1.54. The van der Waals surface area contributed by atoms with Gasteiger partial charge in [-0.05, 0) is 39.3 Å². The van der Waals surface area contributed by atoms with E-state index in [2.05, 4.69) is 4.98 Å². The van der Waals surface area contributed by atoms with E-state index in [-0.39, 0.29) is 11.4 Å². The molecule has 0 fully saturated rings. The zero-order chi connectivity index (χ0) is 12.1. The summed E-state index contributed by atoms with van der Waals surface area (Å²) in [6.45, 7) is 7.88. The molecular formula is C12H16FN3. The maximum atomic E-state index is 13.4. The van der Waals surface area contributed by atoms with Crippen LogP contribution in [0.4, 0.5) is 10.3 Å². The number of imidazole rings is 1. The maximum absolute atomic E-state index is 13.4. The lowest BCUT2D eigenvalue weighted by molar-refractivity contribution is 0.414. The van der Waals surface area contributed by atoms with Crippen LogP contribution in [0.25, 0.3) is 11.0 Å². The van der Waals surface area contributed by atoms with E-state index in [1.54, 1.807) is 13.0 Å². The monoisotopic (exact) mass is 221 g/mol. The number of fused-ring (bicyclic) bond motifs is 1. The van der Waals surface area contributed by atoms with Gasteiger partial charge in [-0.1, -0.05) is 0 Å². The minimum absolute atomic E-state index is 0.164. The first kappa shape index (κ1) is 10.9. The zero-order valence-electron chi connectivity index (χ0n) is 10.0. The van der Waals surface area contributed by atoms with Gasteiger partial charge in [0, 0.05) is 11.6 Å². The number of rotatable bonds is 0. The zero-order valence-corrected chi connectivity index (χ0v) is 10.0. The second-order valence-electron chi connectivity index (χ2n) is 5.07. The number of aryl methyl sites for hydroxylation is 1. The minimum atomic E-state index is -0.244. The Hall–Kier alpha value is -1.58. The van der Waals surface area contributed by atoms with E-state index in [4.69, 9.17) is 5.73 Å². The molecule has 0 radical (unpaired) electrons. The van der Waals surface area contributed by atoms with E-state index in [0.29, 0.717) is 17.0 Å². The molecule has 0 bridgehead atoms. The second-order valence-corrected chi connectivity index (χ2v) is 5.07. The second kappa shape index (κ2) is 3.20. The fourth-order valence-electron chi connectivity index (χ4n) is 1.93. The van der Waals surface area contributed by atoms with Gasteiger partial charge in [0.2, 0.25) is 5.95 Å². The van der Waals surface area contributed by atoms with E-state index in [1.807, 2.05) is 25.3 Å². The van der Waals surface area contributed by atoms with Crippen molar-refractivity contribution < 1.29 is 4.39 Å². The molecule has 0 amide bonds. The van der Waals surface area contributed by atoms with Gasteiger partial charge in [-0.2, -0.15) is 0 Å². The summed E-state index contributed by atoms with van der Waals surface area (Å²) in [5.74, 6) is 0.179. The van der Waals surface area contributed by atoms with Crippen LogP contribution < -0.4 is 5.73 Å². The fourth-order valence-corrected chi connectivity index (χ4v) is 1.93. The predicted octanol–water partition coefficient (Wildman–Crippen LogP) is 2.82. The normalized spacial score (nSPS) is 12.3.